The van der Waals surface area contributed by atoms with Crippen LogP contribution in [0.3, 0.4) is 0 Å². The lowest BCUT2D eigenvalue weighted by molar-refractivity contribution is -0.121. The Morgan fingerprint density at radius 3 is 2.56 bits per heavy atom. The fourth-order valence-electron chi connectivity index (χ4n) is 2.49. The van der Waals surface area contributed by atoms with Crippen LogP contribution in [0.25, 0.3) is 0 Å². The van der Waals surface area contributed by atoms with Gasteiger partial charge in [0, 0.05) is 5.56 Å². The molecular weight excluding hydrogens is 332 g/mol. The molecule has 1 atom stereocenters. The van der Waals surface area contributed by atoms with E-state index in [0.717, 1.165) is 17.0 Å². The number of amides is 3. The molecule has 0 bridgehead atoms. The second kappa shape index (κ2) is 6.78. The molecule has 3 amide bonds. The molecule has 1 heterocycles. The van der Waals surface area contributed by atoms with Crippen LogP contribution in [0.1, 0.15) is 16.8 Å². The Morgan fingerprint density at radius 2 is 1.84 bits per heavy atom. The normalized spacial score (nSPS) is 17.0. The number of hydrazine groups is 1. The molecule has 6 nitrogen and oxygen atoms in total. The quantitative estimate of drug-likeness (QED) is 0.651. The van der Waals surface area contributed by atoms with Crippen LogP contribution in [-0.4, -0.2) is 23.8 Å². The maximum Gasteiger partial charge on any atom is 0.265 e. The molecule has 3 rings (SSSR count). The Labute approximate surface area is 141 Å². The van der Waals surface area contributed by atoms with Crippen molar-refractivity contribution in [3.05, 3.63) is 65.7 Å². The molecule has 1 aliphatic rings. The van der Waals surface area contributed by atoms with E-state index in [0.29, 0.717) is 0 Å². The van der Waals surface area contributed by atoms with Crippen LogP contribution in [-0.2, 0) is 9.59 Å². The lowest BCUT2D eigenvalue weighted by Gasteiger charge is -2.16. The predicted molar refractivity (Wildman–Crippen MR) is 84.3 cm³/mol. The standard InChI is InChI=1S/C17H13F2N3O3/c18-11-5-3-4-10(8-11)16(24)21-20-13-9-15(23)22(17(13)25)14-7-2-1-6-12(14)19/h1-8,13,20H,9H2,(H,21,24). The molecule has 1 unspecified atom stereocenters. The number of carbonyl (C=O) groups excluding carboxylic acids is 3. The SMILES string of the molecule is O=C(NNC1CC(=O)N(c2ccccc2F)C1=O)c1cccc(F)c1. The third kappa shape index (κ3) is 3.38. The van der Waals surface area contributed by atoms with E-state index in [9.17, 15) is 23.2 Å². The highest BCUT2D eigenvalue weighted by Crippen LogP contribution is 2.25. The molecule has 1 fully saturated rings. The van der Waals surface area contributed by atoms with Gasteiger partial charge in [0.15, 0.2) is 0 Å². The van der Waals surface area contributed by atoms with E-state index in [1.807, 2.05) is 0 Å². The Morgan fingerprint density at radius 1 is 1.08 bits per heavy atom. The molecule has 0 aliphatic carbocycles. The summed E-state index contributed by atoms with van der Waals surface area (Å²) in [6.07, 6.45) is -0.239. The topological polar surface area (TPSA) is 78.5 Å². The van der Waals surface area contributed by atoms with Crippen molar-refractivity contribution < 1.29 is 23.2 Å². The van der Waals surface area contributed by atoms with Crippen molar-refractivity contribution in [3.63, 3.8) is 0 Å². The molecular formula is C17H13F2N3O3. The van der Waals surface area contributed by atoms with E-state index < -0.39 is 35.4 Å². The Kier molecular flexibility index (Phi) is 4.53. The lowest BCUT2D eigenvalue weighted by atomic mass is 10.2. The lowest BCUT2D eigenvalue weighted by Crippen LogP contribution is -2.48. The van der Waals surface area contributed by atoms with E-state index in [1.54, 1.807) is 0 Å². The first-order chi connectivity index (χ1) is 12.0. The van der Waals surface area contributed by atoms with Gasteiger partial charge in [0.2, 0.25) is 5.91 Å². The van der Waals surface area contributed by atoms with Crippen molar-refractivity contribution in [2.75, 3.05) is 4.90 Å². The minimum Gasteiger partial charge on any atom is -0.287 e. The zero-order valence-corrected chi connectivity index (χ0v) is 12.8. The van der Waals surface area contributed by atoms with Gasteiger partial charge in [0.05, 0.1) is 12.1 Å². The number of nitrogens with one attached hydrogen (secondary N) is 2. The minimum absolute atomic E-state index is 0.0511. The summed E-state index contributed by atoms with van der Waals surface area (Å²) >= 11 is 0. The first kappa shape index (κ1) is 16.7. The second-order valence-corrected chi connectivity index (χ2v) is 5.38. The first-order valence-corrected chi connectivity index (χ1v) is 7.40. The highest BCUT2D eigenvalue weighted by atomic mass is 19.1. The highest BCUT2D eigenvalue weighted by Gasteiger charge is 2.40. The molecule has 8 heteroatoms. The van der Waals surface area contributed by atoms with Crippen molar-refractivity contribution in [3.8, 4) is 0 Å². The van der Waals surface area contributed by atoms with Gasteiger partial charge in [0.1, 0.15) is 17.7 Å². The fraction of sp³-hybridized carbons (Fsp3) is 0.118. The highest BCUT2D eigenvalue weighted by molar-refractivity contribution is 6.22. The molecule has 0 spiro atoms. The number of para-hydroxylation sites is 1. The fourth-order valence-corrected chi connectivity index (χ4v) is 2.49. The molecule has 2 N–H and O–H groups in total. The van der Waals surface area contributed by atoms with Gasteiger partial charge in [-0.05, 0) is 30.3 Å². The zero-order chi connectivity index (χ0) is 18.0. The van der Waals surface area contributed by atoms with Gasteiger partial charge >= 0.3 is 0 Å². The van der Waals surface area contributed by atoms with Gasteiger partial charge < -0.3 is 0 Å². The number of imide groups is 1. The van der Waals surface area contributed by atoms with Gasteiger partial charge in [-0.2, -0.15) is 0 Å². The average Bonchev–Trinajstić information content (AvgIpc) is 2.87. The Hall–Kier alpha value is -3.13. The average molecular weight is 345 g/mol. The maximum atomic E-state index is 13.8. The number of nitrogens with zero attached hydrogens (tertiary/aromatic N) is 1. The summed E-state index contributed by atoms with van der Waals surface area (Å²) in [4.78, 5) is 37.1. The van der Waals surface area contributed by atoms with Crippen molar-refractivity contribution in [2.24, 2.45) is 0 Å². The van der Waals surface area contributed by atoms with E-state index in [-0.39, 0.29) is 17.7 Å². The van der Waals surface area contributed by atoms with Crippen LogP contribution in [0.4, 0.5) is 14.5 Å². The second-order valence-electron chi connectivity index (χ2n) is 5.38. The van der Waals surface area contributed by atoms with E-state index in [1.165, 1.54) is 36.4 Å². The number of hydrogen-bond acceptors (Lipinski definition) is 4. The minimum atomic E-state index is -1.04. The van der Waals surface area contributed by atoms with Crippen molar-refractivity contribution >= 4 is 23.4 Å². The molecule has 1 aliphatic heterocycles. The van der Waals surface area contributed by atoms with Crippen LogP contribution in [0.15, 0.2) is 48.5 Å². The summed E-state index contributed by atoms with van der Waals surface area (Å²) in [6, 6.07) is 9.36. The first-order valence-electron chi connectivity index (χ1n) is 7.40. The third-order valence-electron chi connectivity index (χ3n) is 3.69. The van der Waals surface area contributed by atoms with Crippen LogP contribution >= 0.6 is 0 Å². The van der Waals surface area contributed by atoms with Crippen LogP contribution in [0.5, 0.6) is 0 Å². The number of carbonyl (C=O) groups is 3. The molecule has 2 aromatic rings. The number of benzene rings is 2. The van der Waals surface area contributed by atoms with Gasteiger partial charge in [-0.1, -0.05) is 18.2 Å². The molecule has 1 saturated heterocycles. The van der Waals surface area contributed by atoms with Crippen LogP contribution in [0, 0.1) is 11.6 Å². The molecule has 0 aromatic heterocycles. The van der Waals surface area contributed by atoms with E-state index >= 15 is 0 Å². The third-order valence-corrected chi connectivity index (χ3v) is 3.69. The summed E-state index contributed by atoms with van der Waals surface area (Å²) in [6.45, 7) is 0. The summed E-state index contributed by atoms with van der Waals surface area (Å²) in [5.41, 5.74) is 4.61. The van der Waals surface area contributed by atoms with Crippen molar-refractivity contribution in [1.29, 1.82) is 0 Å². The number of rotatable bonds is 4. The molecule has 25 heavy (non-hydrogen) atoms. The summed E-state index contributed by atoms with van der Waals surface area (Å²) in [5, 5.41) is 0. The maximum absolute atomic E-state index is 13.8. The number of hydrogen-bond donors (Lipinski definition) is 2. The van der Waals surface area contributed by atoms with Crippen LogP contribution in [0.2, 0.25) is 0 Å². The zero-order valence-electron chi connectivity index (χ0n) is 12.8. The summed E-state index contributed by atoms with van der Waals surface area (Å²) < 4.78 is 26.9. The summed E-state index contributed by atoms with van der Waals surface area (Å²) in [5.74, 6) is -3.22. The number of anilines is 1. The largest absolute Gasteiger partial charge is 0.287 e. The van der Waals surface area contributed by atoms with Gasteiger partial charge in [-0.25, -0.2) is 19.1 Å². The smallest absolute Gasteiger partial charge is 0.265 e. The van der Waals surface area contributed by atoms with Gasteiger partial charge in [0.25, 0.3) is 11.8 Å². The predicted octanol–water partition coefficient (Wildman–Crippen LogP) is 1.53. The van der Waals surface area contributed by atoms with Crippen LogP contribution < -0.4 is 15.8 Å². The van der Waals surface area contributed by atoms with Crippen molar-refractivity contribution in [2.45, 2.75) is 12.5 Å². The molecule has 0 radical (unpaired) electrons. The Balaban J connectivity index is 1.69. The van der Waals surface area contributed by atoms with E-state index in [2.05, 4.69) is 10.9 Å². The van der Waals surface area contributed by atoms with Gasteiger partial charge in [-0.15, -0.1) is 0 Å². The molecule has 2 aromatic carbocycles. The Bertz CT molecular complexity index is 857. The molecule has 128 valence electrons. The number of halogens is 2. The van der Waals surface area contributed by atoms with Gasteiger partial charge in [-0.3, -0.25) is 19.8 Å². The molecule has 0 saturated carbocycles. The van der Waals surface area contributed by atoms with E-state index in [4.69, 9.17) is 0 Å². The monoisotopic (exact) mass is 345 g/mol. The summed E-state index contributed by atoms with van der Waals surface area (Å²) in [7, 11) is 0. The van der Waals surface area contributed by atoms with Crippen molar-refractivity contribution in [1.82, 2.24) is 10.9 Å².